The Morgan fingerprint density at radius 3 is 2.11 bits per heavy atom. The van der Waals surface area contributed by atoms with Crippen LogP contribution >= 0.6 is 0 Å². The minimum atomic E-state index is -0.137. The highest BCUT2D eigenvalue weighted by Crippen LogP contribution is 2.56. The van der Waals surface area contributed by atoms with Crippen molar-refractivity contribution in [3.05, 3.63) is 35.9 Å². The first-order valence-electron chi connectivity index (χ1n) is 10.5. The van der Waals surface area contributed by atoms with Crippen molar-refractivity contribution in [3.8, 4) is 0 Å². The maximum Gasteiger partial charge on any atom is 0.242 e. The maximum atomic E-state index is 12.8. The average Bonchev–Trinajstić information content (AvgIpc) is 3.39. The summed E-state index contributed by atoms with van der Waals surface area (Å²) in [6.07, 6.45) is 3.16. The molecular weight excluding hydrogens is 354 g/mol. The van der Waals surface area contributed by atoms with E-state index in [9.17, 15) is 14.4 Å². The summed E-state index contributed by atoms with van der Waals surface area (Å²) in [4.78, 5) is 43.8. The number of imide groups is 1. The Bertz CT molecular complexity index is 759. The number of rotatable bonds is 4. The first-order chi connectivity index (χ1) is 13.6. The van der Waals surface area contributed by atoms with E-state index in [2.05, 4.69) is 17.0 Å². The lowest BCUT2D eigenvalue weighted by atomic mass is 9.81. The topological polar surface area (TPSA) is 60.9 Å². The van der Waals surface area contributed by atoms with Crippen LogP contribution in [0.1, 0.15) is 24.8 Å². The molecule has 5 rings (SSSR count). The molecule has 1 aromatic rings. The number of nitrogens with zero attached hydrogens (tertiary/aromatic N) is 3. The van der Waals surface area contributed by atoms with E-state index in [0.717, 1.165) is 38.9 Å². The third-order valence-electron chi connectivity index (χ3n) is 7.29. The molecule has 2 aliphatic heterocycles. The molecule has 28 heavy (non-hydrogen) atoms. The highest BCUT2D eigenvalue weighted by molar-refractivity contribution is 6.08. The molecule has 0 unspecified atom stereocenters. The predicted octanol–water partition coefficient (Wildman–Crippen LogP) is 1.36. The fourth-order valence-corrected chi connectivity index (χ4v) is 5.86. The van der Waals surface area contributed by atoms with Crippen molar-refractivity contribution < 1.29 is 14.4 Å². The molecule has 2 saturated carbocycles. The van der Waals surface area contributed by atoms with E-state index in [1.807, 2.05) is 23.1 Å². The monoisotopic (exact) mass is 381 g/mol. The minimum Gasteiger partial charge on any atom is -0.339 e. The zero-order valence-corrected chi connectivity index (χ0v) is 16.1. The van der Waals surface area contributed by atoms with Gasteiger partial charge < -0.3 is 4.90 Å². The van der Waals surface area contributed by atoms with Gasteiger partial charge in [0.2, 0.25) is 17.7 Å². The van der Waals surface area contributed by atoms with E-state index in [-0.39, 0.29) is 36.1 Å². The lowest BCUT2D eigenvalue weighted by molar-refractivity contribution is -0.147. The van der Waals surface area contributed by atoms with Crippen LogP contribution in [0.15, 0.2) is 30.3 Å². The summed E-state index contributed by atoms with van der Waals surface area (Å²) in [5.74, 6) is 0.203. The number of benzene rings is 1. The van der Waals surface area contributed by atoms with E-state index in [1.54, 1.807) is 0 Å². The molecule has 0 spiro atoms. The van der Waals surface area contributed by atoms with Crippen molar-refractivity contribution in [2.24, 2.45) is 23.7 Å². The zero-order valence-electron chi connectivity index (χ0n) is 16.1. The van der Waals surface area contributed by atoms with Gasteiger partial charge in [-0.25, -0.2) is 0 Å². The second-order valence-electron chi connectivity index (χ2n) is 8.79. The van der Waals surface area contributed by atoms with Gasteiger partial charge in [0.15, 0.2) is 0 Å². The van der Waals surface area contributed by atoms with Crippen molar-refractivity contribution in [3.63, 3.8) is 0 Å². The predicted molar refractivity (Wildman–Crippen MR) is 103 cm³/mol. The van der Waals surface area contributed by atoms with Gasteiger partial charge in [0.25, 0.3) is 0 Å². The Morgan fingerprint density at radius 1 is 0.893 bits per heavy atom. The molecule has 4 atom stereocenters. The maximum absolute atomic E-state index is 12.8. The van der Waals surface area contributed by atoms with Crippen molar-refractivity contribution in [1.29, 1.82) is 0 Å². The van der Waals surface area contributed by atoms with E-state index >= 15 is 0 Å². The van der Waals surface area contributed by atoms with Gasteiger partial charge in [-0.1, -0.05) is 30.3 Å². The SMILES string of the molecule is O=C(CN1C(=O)[C@@H]2[C@@H]3CC[C@H](C3)[C@@H]2C1=O)N1CCN(Cc2ccccc2)CC1. The molecule has 6 heteroatoms. The lowest BCUT2D eigenvalue weighted by Gasteiger charge is -2.35. The zero-order chi connectivity index (χ0) is 19.3. The van der Waals surface area contributed by atoms with Crippen LogP contribution in [0, 0.1) is 23.7 Å². The molecule has 2 bridgehead atoms. The van der Waals surface area contributed by atoms with Crippen LogP contribution in [-0.2, 0) is 20.9 Å². The van der Waals surface area contributed by atoms with Gasteiger partial charge in [0, 0.05) is 32.7 Å². The molecule has 2 heterocycles. The Hall–Kier alpha value is -2.21. The molecule has 4 fully saturated rings. The molecule has 6 nitrogen and oxygen atoms in total. The molecular formula is C22H27N3O3. The number of hydrogen-bond donors (Lipinski definition) is 0. The first kappa shape index (κ1) is 17.9. The Balaban J connectivity index is 1.16. The normalized spacial score (nSPS) is 32.3. The fraction of sp³-hybridized carbons (Fsp3) is 0.591. The van der Waals surface area contributed by atoms with Crippen LogP contribution in [0.4, 0.5) is 0 Å². The lowest BCUT2D eigenvalue weighted by Crippen LogP contribution is -2.51. The fourth-order valence-electron chi connectivity index (χ4n) is 5.86. The third kappa shape index (κ3) is 2.94. The van der Waals surface area contributed by atoms with Gasteiger partial charge in [-0.05, 0) is 36.7 Å². The summed E-state index contributed by atoms with van der Waals surface area (Å²) in [6.45, 7) is 3.76. The van der Waals surface area contributed by atoms with Crippen LogP contribution in [0.5, 0.6) is 0 Å². The number of carbonyl (C=O) groups is 3. The molecule has 0 N–H and O–H groups in total. The Labute approximate surface area is 165 Å². The summed E-state index contributed by atoms with van der Waals surface area (Å²) in [5.41, 5.74) is 1.27. The summed E-state index contributed by atoms with van der Waals surface area (Å²) in [7, 11) is 0. The van der Waals surface area contributed by atoms with Gasteiger partial charge in [0.1, 0.15) is 6.54 Å². The molecule has 2 saturated heterocycles. The van der Waals surface area contributed by atoms with Crippen LogP contribution in [-0.4, -0.2) is 65.1 Å². The number of hydrogen-bond acceptors (Lipinski definition) is 4. The van der Waals surface area contributed by atoms with Gasteiger partial charge in [0.05, 0.1) is 11.8 Å². The molecule has 0 radical (unpaired) electrons. The van der Waals surface area contributed by atoms with Gasteiger partial charge in [-0.3, -0.25) is 24.2 Å². The Kier molecular flexibility index (Phi) is 4.46. The highest BCUT2D eigenvalue weighted by atomic mass is 16.2. The van der Waals surface area contributed by atoms with Crippen molar-refractivity contribution in [2.75, 3.05) is 32.7 Å². The second kappa shape index (κ2) is 6.99. The summed E-state index contributed by atoms with van der Waals surface area (Å²) in [6, 6.07) is 10.3. The highest BCUT2D eigenvalue weighted by Gasteiger charge is 2.61. The quantitative estimate of drug-likeness (QED) is 0.739. The largest absolute Gasteiger partial charge is 0.339 e. The smallest absolute Gasteiger partial charge is 0.242 e. The van der Waals surface area contributed by atoms with E-state index < -0.39 is 0 Å². The van der Waals surface area contributed by atoms with Crippen molar-refractivity contribution >= 4 is 17.7 Å². The molecule has 0 aromatic heterocycles. The van der Waals surface area contributed by atoms with E-state index in [4.69, 9.17) is 0 Å². The molecule has 2 aliphatic carbocycles. The van der Waals surface area contributed by atoms with Gasteiger partial charge in [-0.2, -0.15) is 0 Å². The van der Waals surface area contributed by atoms with E-state index in [1.165, 1.54) is 10.5 Å². The number of fused-ring (bicyclic) bond motifs is 5. The average molecular weight is 381 g/mol. The molecule has 148 valence electrons. The first-order valence-corrected chi connectivity index (χ1v) is 10.5. The number of piperazine rings is 1. The standard InChI is InChI=1S/C22H27N3O3/c26-18(24-10-8-23(9-11-24)13-15-4-2-1-3-5-15)14-25-21(27)19-16-6-7-17(12-16)20(19)22(25)28/h1-5,16-17,19-20H,6-14H2/t16-,17-,19-,20+/m1/s1. The summed E-state index contributed by atoms with van der Waals surface area (Å²) >= 11 is 0. The van der Waals surface area contributed by atoms with Crippen LogP contribution in [0.2, 0.25) is 0 Å². The Morgan fingerprint density at radius 2 is 1.50 bits per heavy atom. The number of amides is 3. The van der Waals surface area contributed by atoms with Crippen molar-refractivity contribution in [1.82, 2.24) is 14.7 Å². The molecule has 3 amide bonds. The number of likely N-dealkylation sites (tertiary alicyclic amines) is 1. The molecule has 4 aliphatic rings. The third-order valence-corrected chi connectivity index (χ3v) is 7.29. The summed E-state index contributed by atoms with van der Waals surface area (Å²) in [5, 5.41) is 0. The van der Waals surface area contributed by atoms with Gasteiger partial charge in [-0.15, -0.1) is 0 Å². The molecule has 1 aromatic carbocycles. The number of carbonyl (C=O) groups excluding carboxylic acids is 3. The minimum absolute atomic E-state index is 0.0667. The van der Waals surface area contributed by atoms with Crippen LogP contribution in [0.25, 0.3) is 0 Å². The van der Waals surface area contributed by atoms with Gasteiger partial charge >= 0.3 is 0 Å². The van der Waals surface area contributed by atoms with Crippen LogP contribution < -0.4 is 0 Å². The summed E-state index contributed by atoms with van der Waals surface area (Å²) < 4.78 is 0. The second-order valence-corrected chi connectivity index (χ2v) is 8.79. The van der Waals surface area contributed by atoms with E-state index in [0.29, 0.717) is 24.9 Å². The van der Waals surface area contributed by atoms with Crippen molar-refractivity contribution in [2.45, 2.75) is 25.8 Å². The van der Waals surface area contributed by atoms with Crippen LogP contribution in [0.3, 0.4) is 0 Å².